The Balaban J connectivity index is 1.61. The van der Waals surface area contributed by atoms with Crippen molar-refractivity contribution in [1.82, 2.24) is 10.3 Å². The highest BCUT2D eigenvalue weighted by atomic mass is 16.5. The molecule has 29 heavy (non-hydrogen) atoms. The highest BCUT2D eigenvalue weighted by Crippen LogP contribution is 2.47. The Hall–Kier alpha value is -3.09. The monoisotopic (exact) mass is 395 g/mol. The molecular weight excluding hydrogens is 370 g/mol. The first-order valence-electron chi connectivity index (χ1n) is 9.96. The molecule has 7 nitrogen and oxygen atoms in total. The molecule has 1 fully saturated rings. The number of amides is 2. The molecule has 1 aliphatic carbocycles. The lowest BCUT2D eigenvalue weighted by Crippen LogP contribution is -2.55. The van der Waals surface area contributed by atoms with Gasteiger partial charge in [0.2, 0.25) is 5.91 Å². The SMILES string of the molecule is CC(=O)N1c2c(cc[nH]c2=O)[C@H](NC(=O)OCc2ccccc2)[C@@H](C)C1C1CC1. The molecule has 2 heterocycles. The average Bonchev–Trinajstić information content (AvgIpc) is 3.54. The van der Waals surface area contributed by atoms with Gasteiger partial charge in [0, 0.05) is 30.6 Å². The van der Waals surface area contributed by atoms with Gasteiger partial charge in [-0.05, 0) is 30.4 Å². The fourth-order valence-electron chi connectivity index (χ4n) is 4.40. The normalized spacial score (nSPS) is 23.2. The number of alkyl carbamates (subject to hydrolysis) is 1. The Bertz CT molecular complexity index is 968. The van der Waals surface area contributed by atoms with Crippen molar-refractivity contribution in [2.45, 2.75) is 45.4 Å². The first kappa shape index (κ1) is 19.2. The zero-order chi connectivity index (χ0) is 20.5. The van der Waals surface area contributed by atoms with Gasteiger partial charge in [-0.3, -0.25) is 9.59 Å². The molecule has 1 aromatic heterocycles. The van der Waals surface area contributed by atoms with E-state index in [1.54, 1.807) is 17.2 Å². The van der Waals surface area contributed by atoms with E-state index in [1.165, 1.54) is 6.92 Å². The number of pyridine rings is 1. The summed E-state index contributed by atoms with van der Waals surface area (Å²) in [6.07, 6.45) is 3.05. The van der Waals surface area contributed by atoms with Crippen LogP contribution in [-0.4, -0.2) is 23.0 Å². The third-order valence-corrected chi connectivity index (χ3v) is 5.83. The summed E-state index contributed by atoms with van der Waals surface area (Å²) in [5.41, 5.74) is 1.56. The zero-order valence-electron chi connectivity index (χ0n) is 16.6. The smallest absolute Gasteiger partial charge is 0.407 e. The lowest BCUT2D eigenvalue weighted by atomic mass is 9.80. The molecule has 1 saturated carbocycles. The summed E-state index contributed by atoms with van der Waals surface area (Å²) in [5, 5.41) is 2.94. The molecule has 1 aromatic carbocycles. The average molecular weight is 395 g/mol. The second-order valence-corrected chi connectivity index (χ2v) is 7.87. The number of hydrogen-bond donors (Lipinski definition) is 2. The summed E-state index contributed by atoms with van der Waals surface area (Å²) in [6.45, 7) is 3.67. The van der Waals surface area contributed by atoms with Crippen LogP contribution in [0.3, 0.4) is 0 Å². The van der Waals surface area contributed by atoms with Gasteiger partial charge < -0.3 is 19.9 Å². The number of nitrogens with zero attached hydrogens (tertiary/aromatic N) is 1. The van der Waals surface area contributed by atoms with E-state index in [-0.39, 0.29) is 30.0 Å². The Kier molecular flexibility index (Phi) is 5.13. The predicted molar refractivity (Wildman–Crippen MR) is 108 cm³/mol. The van der Waals surface area contributed by atoms with E-state index in [0.29, 0.717) is 17.2 Å². The molecule has 1 unspecified atom stereocenters. The number of carbonyl (C=O) groups is 2. The molecule has 2 N–H and O–H groups in total. The minimum absolute atomic E-state index is 0.0509. The molecule has 152 valence electrons. The number of benzene rings is 1. The van der Waals surface area contributed by atoms with Crippen LogP contribution in [-0.2, 0) is 16.1 Å². The van der Waals surface area contributed by atoms with Gasteiger partial charge in [0.25, 0.3) is 5.56 Å². The summed E-state index contributed by atoms with van der Waals surface area (Å²) in [5.74, 6) is 0.132. The van der Waals surface area contributed by atoms with E-state index >= 15 is 0 Å². The molecule has 0 bridgehead atoms. The van der Waals surface area contributed by atoms with Gasteiger partial charge in [-0.1, -0.05) is 37.3 Å². The number of hydrogen-bond acceptors (Lipinski definition) is 4. The van der Waals surface area contributed by atoms with E-state index in [4.69, 9.17) is 4.74 Å². The minimum Gasteiger partial charge on any atom is -0.445 e. The molecule has 0 spiro atoms. The fourth-order valence-corrected chi connectivity index (χ4v) is 4.40. The third kappa shape index (κ3) is 3.77. The summed E-state index contributed by atoms with van der Waals surface area (Å²) < 4.78 is 5.39. The number of nitrogens with one attached hydrogen (secondary N) is 2. The quantitative estimate of drug-likeness (QED) is 0.832. The fraction of sp³-hybridized carbons (Fsp3) is 0.409. The van der Waals surface area contributed by atoms with Crippen molar-refractivity contribution < 1.29 is 14.3 Å². The van der Waals surface area contributed by atoms with Crippen LogP contribution in [0.1, 0.15) is 43.9 Å². The van der Waals surface area contributed by atoms with Gasteiger partial charge in [-0.2, -0.15) is 0 Å². The van der Waals surface area contributed by atoms with Crippen molar-refractivity contribution in [3.63, 3.8) is 0 Å². The van der Waals surface area contributed by atoms with E-state index in [0.717, 1.165) is 18.4 Å². The summed E-state index contributed by atoms with van der Waals surface area (Å²) in [6, 6.07) is 10.7. The van der Waals surface area contributed by atoms with Crippen LogP contribution < -0.4 is 15.8 Å². The molecule has 2 amide bonds. The molecule has 1 aliphatic heterocycles. The Labute approximate surface area is 169 Å². The Morgan fingerprint density at radius 3 is 2.59 bits per heavy atom. The van der Waals surface area contributed by atoms with Gasteiger partial charge in [-0.25, -0.2) is 4.79 Å². The number of aromatic amines is 1. The first-order chi connectivity index (χ1) is 14.0. The van der Waals surface area contributed by atoms with Gasteiger partial charge in [0.1, 0.15) is 12.3 Å². The van der Waals surface area contributed by atoms with E-state index < -0.39 is 12.1 Å². The van der Waals surface area contributed by atoms with Gasteiger partial charge in [0.15, 0.2) is 0 Å². The highest BCUT2D eigenvalue weighted by molar-refractivity contribution is 5.94. The largest absolute Gasteiger partial charge is 0.445 e. The predicted octanol–water partition coefficient (Wildman–Crippen LogP) is 3.12. The molecule has 0 radical (unpaired) electrons. The second-order valence-electron chi connectivity index (χ2n) is 7.87. The molecule has 3 atom stereocenters. The molecule has 2 aromatic rings. The molecule has 2 aliphatic rings. The number of carbonyl (C=O) groups excluding carboxylic acids is 2. The standard InChI is InChI=1S/C22H25N3O4/c1-13-18(24-22(28)29-12-15-6-4-3-5-7-15)17-10-11-23-21(27)20(17)25(14(2)26)19(13)16-8-9-16/h3-7,10-11,13,16,18-19H,8-9,12H2,1-2H3,(H,23,27)(H,24,28)/t13-,18-,19?/m1/s1. The van der Waals surface area contributed by atoms with Crippen LogP contribution in [0.5, 0.6) is 0 Å². The van der Waals surface area contributed by atoms with Crippen LogP contribution in [0.25, 0.3) is 0 Å². The van der Waals surface area contributed by atoms with E-state index in [1.807, 2.05) is 37.3 Å². The van der Waals surface area contributed by atoms with Crippen molar-refractivity contribution >= 4 is 17.7 Å². The second kappa shape index (κ2) is 7.73. The van der Waals surface area contributed by atoms with Crippen molar-refractivity contribution in [2.75, 3.05) is 4.90 Å². The van der Waals surface area contributed by atoms with Crippen LogP contribution in [0, 0.1) is 11.8 Å². The lowest BCUT2D eigenvalue weighted by molar-refractivity contribution is -0.117. The maximum Gasteiger partial charge on any atom is 0.407 e. The Morgan fingerprint density at radius 1 is 1.21 bits per heavy atom. The van der Waals surface area contributed by atoms with E-state index in [9.17, 15) is 14.4 Å². The number of rotatable bonds is 4. The zero-order valence-corrected chi connectivity index (χ0v) is 16.6. The minimum atomic E-state index is -0.539. The van der Waals surface area contributed by atoms with Crippen LogP contribution >= 0.6 is 0 Å². The summed E-state index contributed by atoms with van der Waals surface area (Å²) in [4.78, 5) is 41.9. The highest BCUT2D eigenvalue weighted by Gasteiger charge is 2.48. The molecular formula is C22H25N3O4. The van der Waals surface area contributed by atoms with Gasteiger partial charge in [-0.15, -0.1) is 0 Å². The van der Waals surface area contributed by atoms with Crippen molar-refractivity contribution in [3.8, 4) is 0 Å². The van der Waals surface area contributed by atoms with Crippen molar-refractivity contribution in [2.24, 2.45) is 11.8 Å². The topological polar surface area (TPSA) is 91.5 Å². The van der Waals surface area contributed by atoms with Crippen molar-refractivity contribution in [3.05, 3.63) is 64.1 Å². The lowest BCUT2D eigenvalue weighted by Gasteiger charge is -2.44. The number of ether oxygens (including phenoxy) is 1. The van der Waals surface area contributed by atoms with Crippen LogP contribution in [0.15, 0.2) is 47.4 Å². The number of fused-ring (bicyclic) bond motifs is 1. The number of anilines is 1. The molecule has 0 saturated heterocycles. The Morgan fingerprint density at radius 2 is 1.93 bits per heavy atom. The van der Waals surface area contributed by atoms with Crippen molar-refractivity contribution in [1.29, 1.82) is 0 Å². The number of aromatic nitrogens is 1. The van der Waals surface area contributed by atoms with Crippen LogP contribution in [0.4, 0.5) is 10.5 Å². The molecule has 4 rings (SSSR count). The number of H-pyrrole nitrogens is 1. The van der Waals surface area contributed by atoms with Gasteiger partial charge >= 0.3 is 6.09 Å². The first-order valence-corrected chi connectivity index (χ1v) is 9.96. The van der Waals surface area contributed by atoms with Crippen LogP contribution in [0.2, 0.25) is 0 Å². The maximum atomic E-state index is 12.6. The third-order valence-electron chi connectivity index (χ3n) is 5.83. The molecule has 7 heteroatoms. The van der Waals surface area contributed by atoms with Gasteiger partial charge in [0.05, 0.1) is 6.04 Å². The maximum absolute atomic E-state index is 12.6. The summed E-state index contributed by atoms with van der Waals surface area (Å²) >= 11 is 0. The van der Waals surface area contributed by atoms with E-state index in [2.05, 4.69) is 10.3 Å². The summed E-state index contributed by atoms with van der Waals surface area (Å²) in [7, 11) is 0.